The zero-order chi connectivity index (χ0) is 14.4. The number of hydrogen-bond donors (Lipinski definition) is 1. The van der Waals surface area contributed by atoms with E-state index in [0.29, 0.717) is 17.0 Å². The summed E-state index contributed by atoms with van der Waals surface area (Å²) in [5.41, 5.74) is 2.11. The van der Waals surface area contributed by atoms with E-state index in [2.05, 4.69) is 21.9 Å². The molecule has 0 heterocycles. The second kappa shape index (κ2) is 7.04. The highest BCUT2D eigenvalue weighted by Gasteiger charge is 2.05. The highest BCUT2D eigenvalue weighted by atomic mass is 35.5. The number of aryl methyl sites for hydroxylation is 1. The average molecular weight is 282 g/mol. The van der Waals surface area contributed by atoms with Gasteiger partial charge in [0, 0.05) is 12.6 Å². The maximum absolute atomic E-state index is 13.7. The fourth-order valence-corrected chi connectivity index (χ4v) is 1.47. The summed E-state index contributed by atoms with van der Waals surface area (Å²) < 4.78 is 13.7. The summed E-state index contributed by atoms with van der Waals surface area (Å²) in [7, 11) is 1.56. The van der Waals surface area contributed by atoms with E-state index < -0.39 is 0 Å². The van der Waals surface area contributed by atoms with Crippen molar-refractivity contribution >= 4 is 22.7 Å². The summed E-state index contributed by atoms with van der Waals surface area (Å²) in [6.45, 7) is 7.64. The van der Waals surface area contributed by atoms with Gasteiger partial charge in [-0.2, -0.15) is 0 Å². The summed E-state index contributed by atoms with van der Waals surface area (Å²) in [5, 5.41) is 3.02. The van der Waals surface area contributed by atoms with Crippen LogP contribution in [0.3, 0.4) is 0 Å². The molecule has 5 heteroatoms. The van der Waals surface area contributed by atoms with Crippen LogP contribution in [0.4, 0.5) is 4.39 Å². The van der Waals surface area contributed by atoms with Crippen LogP contribution in [0.1, 0.15) is 18.1 Å². The highest BCUT2D eigenvalue weighted by molar-refractivity contribution is 6.66. The SMILES string of the molecule is C=C(C)C(=NCc1ccc(C)cc1F)NC(Cl)=NC. The molecule has 0 saturated carbocycles. The van der Waals surface area contributed by atoms with Gasteiger partial charge < -0.3 is 5.32 Å². The normalized spacial score (nSPS) is 12.5. The highest BCUT2D eigenvalue weighted by Crippen LogP contribution is 2.11. The molecule has 19 heavy (non-hydrogen) atoms. The smallest absolute Gasteiger partial charge is 0.196 e. The van der Waals surface area contributed by atoms with Gasteiger partial charge in [-0.25, -0.2) is 4.39 Å². The minimum absolute atomic E-state index is 0.214. The third-order valence-corrected chi connectivity index (χ3v) is 2.70. The van der Waals surface area contributed by atoms with Crippen LogP contribution in [0, 0.1) is 12.7 Å². The van der Waals surface area contributed by atoms with E-state index in [4.69, 9.17) is 11.6 Å². The van der Waals surface area contributed by atoms with Gasteiger partial charge in [0.25, 0.3) is 0 Å². The Kier molecular flexibility index (Phi) is 5.70. The van der Waals surface area contributed by atoms with Crippen molar-refractivity contribution in [1.82, 2.24) is 5.32 Å². The summed E-state index contributed by atoms with van der Waals surface area (Å²) in [5.74, 6) is 0.232. The van der Waals surface area contributed by atoms with Gasteiger partial charge in [0.15, 0.2) is 5.29 Å². The minimum Gasteiger partial charge on any atom is -0.315 e. The molecule has 0 amide bonds. The molecule has 0 aliphatic rings. The van der Waals surface area contributed by atoms with Crippen molar-refractivity contribution in [3.63, 3.8) is 0 Å². The number of hydrogen-bond acceptors (Lipinski definition) is 2. The lowest BCUT2D eigenvalue weighted by molar-refractivity contribution is 0.609. The van der Waals surface area contributed by atoms with E-state index in [0.717, 1.165) is 5.56 Å². The molecule has 3 nitrogen and oxygen atoms in total. The van der Waals surface area contributed by atoms with Crippen LogP contribution in [-0.4, -0.2) is 18.2 Å². The van der Waals surface area contributed by atoms with E-state index in [9.17, 15) is 4.39 Å². The fraction of sp³-hybridized carbons (Fsp3) is 0.286. The van der Waals surface area contributed by atoms with Crippen LogP contribution in [-0.2, 0) is 6.54 Å². The van der Waals surface area contributed by atoms with Crippen LogP contribution in [0.15, 0.2) is 40.3 Å². The molecule has 1 aromatic rings. The number of halogens is 2. The van der Waals surface area contributed by atoms with Gasteiger partial charge in [0.2, 0.25) is 0 Å². The predicted octanol–water partition coefficient (Wildman–Crippen LogP) is 3.42. The van der Waals surface area contributed by atoms with E-state index in [-0.39, 0.29) is 17.7 Å². The molecule has 0 unspecified atom stereocenters. The Morgan fingerprint density at radius 3 is 2.68 bits per heavy atom. The van der Waals surface area contributed by atoms with Crippen molar-refractivity contribution in [1.29, 1.82) is 0 Å². The first-order chi connectivity index (χ1) is 8.93. The first-order valence-electron chi connectivity index (χ1n) is 5.78. The summed E-state index contributed by atoms with van der Waals surface area (Å²) in [4.78, 5) is 8.04. The Bertz CT molecular complexity index is 535. The van der Waals surface area contributed by atoms with Gasteiger partial charge in [0.05, 0.1) is 6.54 Å². The van der Waals surface area contributed by atoms with E-state index in [1.807, 2.05) is 13.0 Å². The van der Waals surface area contributed by atoms with Crippen molar-refractivity contribution in [3.05, 3.63) is 47.3 Å². The molecule has 1 aromatic carbocycles. The molecular weight excluding hydrogens is 265 g/mol. The first kappa shape index (κ1) is 15.4. The van der Waals surface area contributed by atoms with Crippen molar-refractivity contribution in [2.75, 3.05) is 7.05 Å². The van der Waals surface area contributed by atoms with Crippen molar-refractivity contribution in [2.24, 2.45) is 9.98 Å². The molecular formula is C14H17ClFN3. The number of amidine groups is 2. The summed E-state index contributed by atoms with van der Waals surface area (Å²) in [6.07, 6.45) is 0. The zero-order valence-corrected chi connectivity index (χ0v) is 12.1. The van der Waals surface area contributed by atoms with E-state index in [1.54, 1.807) is 20.0 Å². The molecule has 0 bridgehead atoms. The maximum Gasteiger partial charge on any atom is 0.196 e. The summed E-state index contributed by atoms with van der Waals surface area (Å²) >= 11 is 5.78. The molecule has 0 fully saturated rings. The Balaban J connectivity index is 2.89. The van der Waals surface area contributed by atoms with Crippen LogP contribution >= 0.6 is 11.6 Å². The van der Waals surface area contributed by atoms with Crippen molar-refractivity contribution < 1.29 is 4.39 Å². The molecule has 0 saturated heterocycles. The van der Waals surface area contributed by atoms with Crippen LogP contribution in [0.5, 0.6) is 0 Å². The Morgan fingerprint density at radius 2 is 2.16 bits per heavy atom. The standard InChI is InChI=1S/C14H17ClFN3/c1-9(2)13(19-14(15)17-4)18-8-11-6-5-10(3)7-12(11)16/h5-7H,1,8H2,2-4H3,(H,17,18,19). The topological polar surface area (TPSA) is 36.8 Å². The van der Waals surface area contributed by atoms with Crippen molar-refractivity contribution in [2.45, 2.75) is 20.4 Å². The number of nitrogens with zero attached hydrogens (tertiary/aromatic N) is 2. The third kappa shape index (κ3) is 4.83. The number of rotatable bonds is 3. The monoisotopic (exact) mass is 281 g/mol. The molecule has 0 radical (unpaired) electrons. The van der Waals surface area contributed by atoms with Gasteiger partial charge in [0.1, 0.15) is 11.7 Å². The molecule has 102 valence electrons. The zero-order valence-electron chi connectivity index (χ0n) is 11.3. The third-order valence-electron chi connectivity index (χ3n) is 2.44. The maximum atomic E-state index is 13.7. The molecule has 0 aliphatic carbocycles. The van der Waals surface area contributed by atoms with E-state index in [1.165, 1.54) is 6.07 Å². The molecule has 0 spiro atoms. The fourth-order valence-electron chi connectivity index (χ4n) is 1.38. The molecule has 1 N–H and O–H groups in total. The minimum atomic E-state index is -0.264. The van der Waals surface area contributed by atoms with Gasteiger partial charge in [-0.3, -0.25) is 9.98 Å². The second-order valence-electron chi connectivity index (χ2n) is 4.18. The molecule has 0 aromatic heterocycles. The van der Waals surface area contributed by atoms with Gasteiger partial charge in [-0.05, 0) is 42.7 Å². The quantitative estimate of drug-likeness (QED) is 0.514. The molecule has 1 rings (SSSR count). The number of benzene rings is 1. The lowest BCUT2D eigenvalue weighted by atomic mass is 10.1. The van der Waals surface area contributed by atoms with Crippen LogP contribution in [0.25, 0.3) is 0 Å². The molecule has 0 atom stereocenters. The predicted molar refractivity (Wildman–Crippen MR) is 79.4 cm³/mol. The number of aliphatic imine (C=N–C) groups is 2. The second-order valence-corrected chi connectivity index (χ2v) is 4.54. The van der Waals surface area contributed by atoms with Crippen LogP contribution in [0.2, 0.25) is 0 Å². The van der Waals surface area contributed by atoms with Gasteiger partial charge in [-0.15, -0.1) is 0 Å². The van der Waals surface area contributed by atoms with Crippen molar-refractivity contribution in [3.8, 4) is 0 Å². The Labute approximate surface area is 117 Å². The van der Waals surface area contributed by atoms with Gasteiger partial charge >= 0.3 is 0 Å². The average Bonchev–Trinajstić information content (AvgIpc) is 2.35. The first-order valence-corrected chi connectivity index (χ1v) is 6.16. The summed E-state index contributed by atoms with van der Waals surface area (Å²) in [6, 6.07) is 5.06. The molecule has 0 aliphatic heterocycles. The van der Waals surface area contributed by atoms with Crippen LogP contribution < -0.4 is 5.32 Å². The Morgan fingerprint density at radius 1 is 1.47 bits per heavy atom. The van der Waals surface area contributed by atoms with E-state index >= 15 is 0 Å². The lowest BCUT2D eigenvalue weighted by Gasteiger charge is -2.08. The largest absolute Gasteiger partial charge is 0.315 e. The lowest BCUT2D eigenvalue weighted by Crippen LogP contribution is -2.27. The Hall–Kier alpha value is -1.68. The van der Waals surface area contributed by atoms with Gasteiger partial charge in [-0.1, -0.05) is 18.7 Å². The number of nitrogens with one attached hydrogen (secondary N) is 1.